The fourth-order valence-corrected chi connectivity index (χ4v) is 6.22. The maximum atomic E-state index is 14.3. The van der Waals surface area contributed by atoms with Crippen molar-refractivity contribution in [3.8, 4) is 0 Å². The smallest absolute Gasteiger partial charge is 0.250 e. The third-order valence-corrected chi connectivity index (χ3v) is 8.64. The van der Waals surface area contributed by atoms with E-state index in [0.29, 0.717) is 31.0 Å². The Balaban J connectivity index is 1.41. The predicted octanol–water partition coefficient (Wildman–Crippen LogP) is 5.35. The van der Waals surface area contributed by atoms with Crippen molar-refractivity contribution in [2.45, 2.75) is 50.2 Å². The lowest BCUT2D eigenvalue weighted by Crippen LogP contribution is -2.61. The van der Waals surface area contributed by atoms with Crippen LogP contribution in [0.3, 0.4) is 0 Å². The monoisotopic (exact) mass is 569 g/mol. The zero-order chi connectivity index (χ0) is 28.8. The molecule has 5 rings (SSSR count). The van der Waals surface area contributed by atoms with E-state index in [4.69, 9.17) is 12.2 Å². The molecule has 41 heavy (non-hydrogen) atoms. The number of carbonyl (C=O) groups excluding carboxylic acids is 2. The molecule has 7 nitrogen and oxygen atoms in total. The number of nitrogens with one attached hydrogen (secondary N) is 2. The fraction of sp³-hybridized carbons (Fsp3) is 0.364. The van der Waals surface area contributed by atoms with Crippen molar-refractivity contribution in [2.24, 2.45) is 0 Å². The molecule has 2 aliphatic rings. The zero-order valence-electron chi connectivity index (χ0n) is 23.9. The third kappa shape index (κ3) is 6.54. The number of hydrogen-bond donors (Lipinski definition) is 2. The number of rotatable bonds is 9. The van der Waals surface area contributed by atoms with Gasteiger partial charge in [0.1, 0.15) is 5.54 Å². The van der Waals surface area contributed by atoms with Crippen molar-refractivity contribution in [1.82, 2.24) is 15.1 Å². The highest BCUT2D eigenvalue weighted by atomic mass is 32.1. The molecule has 2 amide bonds. The van der Waals surface area contributed by atoms with Crippen molar-refractivity contribution in [2.75, 3.05) is 37.4 Å². The standard InChI is InChI=1S/C33H39N5O2S/c1-36(2)28-18-16-27(17-19-28)34-31(40)33(20-10-5-11-21-33)38(22-25-12-6-3-7-13-25)30(39)24-37-23-29(35-32(37)41)26-14-8-4-9-15-26/h3-4,6-9,12-19,29H,5,10-11,20-24H2,1-2H3,(H,34,40)(H,35,41)/t29-/m1/s1. The van der Waals surface area contributed by atoms with Gasteiger partial charge in [-0.25, -0.2) is 0 Å². The summed E-state index contributed by atoms with van der Waals surface area (Å²) < 4.78 is 0. The molecule has 1 heterocycles. The summed E-state index contributed by atoms with van der Waals surface area (Å²) in [5, 5.41) is 7.11. The van der Waals surface area contributed by atoms with E-state index in [1.54, 1.807) is 0 Å². The Morgan fingerprint density at radius 1 is 0.927 bits per heavy atom. The lowest BCUT2D eigenvalue weighted by atomic mass is 9.78. The topological polar surface area (TPSA) is 67.9 Å². The van der Waals surface area contributed by atoms with Gasteiger partial charge in [0.25, 0.3) is 0 Å². The molecule has 2 fully saturated rings. The van der Waals surface area contributed by atoms with Gasteiger partial charge in [0, 0.05) is 38.6 Å². The summed E-state index contributed by atoms with van der Waals surface area (Å²) in [4.78, 5) is 34.3. The highest BCUT2D eigenvalue weighted by molar-refractivity contribution is 7.80. The minimum atomic E-state index is -0.945. The molecule has 0 bridgehead atoms. The van der Waals surface area contributed by atoms with Gasteiger partial charge in [-0.2, -0.15) is 0 Å². The second kappa shape index (κ2) is 12.7. The van der Waals surface area contributed by atoms with Crippen molar-refractivity contribution in [1.29, 1.82) is 0 Å². The summed E-state index contributed by atoms with van der Waals surface area (Å²) in [5.41, 5.74) is 2.97. The van der Waals surface area contributed by atoms with Crippen molar-refractivity contribution < 1.29 is 9.59 Å². The molecule has 3 aromatic carbocycles. The Kier molecular flexibility index (Phi) is 8.88. The molecule has 2 N–H and O–H groups in total. The van der Waals surface area contributed by atoms with Crippen LogP contribution >= 0.6 is 12.2 Å². The number of benzene rings is 3. The summed E-state index contributed by atoms with van der Waals surface area (Å²) in [6.07, 6.45) is 4.10. The number of hydrogen-bond acceptors (Lipinski definition) is 4. The largest absolute Gasteiger partial charge is 0.378 e. The van der Waals surface area contributed by atoms with Crippen LogP contribution in [0, 0.1) is 0 Å². The van der Waals surface area contributed by atoms with Crippen molar-refractivity contribution in [3.05, 3.63) is 96.1 Å². The Labute approximate surface area is 248 Å². The van der Waals surface area contributed by atoms with Gasteiger partial charge in [-0.15, -0.1) is 0 Å². The van der Waals surface area contributed by atoms with Crippen LogP contribution in [-0.4, -0.2) is 59.5 Å². The average molecular weight is 570 g/mol. The molecule has 3 aromatic rings. The molecule has 0 spiro atoms. The first-order valence-electron chi connectivity index (χ1n) is 14.4. The van der Waals surface area contributed by atoms with Crippen molar-refractivity contribution in [3.63, 3.8) is 0 Å². The molecule has 1 saturated heterocycles. The van der Waals surface area contributed by atoms with Crippen LogP contribution in [-0.2, 0) is 16.1 Å². The Morgan fingerprint density at radius 2 is 1.56 bits per heavy atom. The van der Waals surface area contributed by atoms with Crippen LogP contribution in [0.1, 0.15) is 49.3 Å². The average Bonchev–Trinajstić information content (AvgIpc) is 3.37. The van der Waals surface area contributed by atoms with Gasteiger partial charge < -0.3 is 25.3 Å². The predicted molar refractivity (Wildman–Crippen MR) is 169 cm³/mol. The highest BCUT2D eigenvalue weighted by Crippen LogP contribution is 2.37. The van der Waals surface area contributed by atoms with Gasteiger partial charge in [-0.1, -0.05) is 79.9 Å². The van der Waals surface area contributed by atoms with Crippen LogP contribution in [0.15, 0.2) is 84.9 Å². The molecular formula is C33H39N5O2S. The van der Waals surface area contributed by atoms with E-state index in [1.807, 2.05) is 102 Å². The van der Waals surface area contributed by atoms with Gasteiger partial charge >= 0.3 is 0 Å². The molecule has 1 aliphatic carbocycles. The summed E-state index contributed by atoms with van der Waals surface area (Å²) in [7, 11) is 3.97. The molecule has 0 unspecified atom stereocenters. The van der Waals surface area contributed by atoms with Crippen LogP contribution in [0.5, 0.6) is 0 Å². The van der Waals surface area contributed by atoms with E-state index in [0.717, 1.165) is 41.8 Å². The lowest BCUT2D eigenvalue weighted by Gasteiger charge is -2.45. The molecule has 0 aromatic heterocycles. The maximum absolute atomic E-state index is 14.3. The van der Waals surface area contributed by atoms with E-state index >= 15 is 0 Å². The van der Waals surface area contributed by atoms with E-state index in [2.05, 4.69) is 22.8 Å². The van der Waals surface area contributed by atoms with E-state index in [9.17, 15) is 9.59 Å². The Hall–Kier alpha value is -3.91. The van der Waals surface area contributed by atoms with Gasteiger partial charge in [0.05, 0.1) is 12.6 Å². The maximum Gasteiger partial charge on any atom is 0.250 e. The van der Waals surface area contributed by atoms with E-state index in [-0.39, 0.29) is 24.4 Å². The summed E-state index contributed by atoms with van der Waals surface area (Å²) in [5.74, 6) is -0.213. The first-order valence-corrected chi connectivity index (χ1v) is 14.8. The number of amides is 2. The van der Waals surface area contributed by atoms with E-state index < -0.39 is 5.54 Å². The van der Waals surface area contributed by atoms with Crippen LogP contribution in [0.2, 0.25) is 0 Å². The highest BCUT2D eigenvalue weighted by Gasteiger charge is 2.47. The van der Waals surface area contributed by atoms with Gasteiger partial charge in [-0.05, 0) is 60.5 Å². The first kappa shape index (κ1) is 28.6. The SMILES string of the molecule is CN(C)c1ccc(NC(=O)C2(N(Cc3ccccc3)C(=O)CN3C[C@H](c4ccccc4)NC3=S)CCCCC2)cc1. The summed E-state index contributed by atoms with van der Waals surface area (Å²) in [6, 6.07) is 27.9. The molecule has 1 aliphatic heterocycles. The number of nitrogens with zero attached hydrogens (tertiary/aromatic N) is 3. The minimum absolute atomic E-state index is 0.0242. The van der Waals surface area contributed by atoms with Crippen LogP contribution in [0.4, 0.5) is 11.4 Å². The summed E-state index contributed by atoms with van der Waals surface area (Å²) >= 11 is 5.66. The quantitative estimate of drug-likeness (QED) is 0.339. The second-order valence-corrected chi connectivity index (χ2v) is 11.6. The van der Waals surface area contributed by atoms with Gasteiger partial charge in [0.15, 0.2) is 5.11 Å². The normalized spacial score (nSPS) is 18.0. The Morgan fingerprint density at radius 3 is 2.20 bits per heavy atom. The Bertz CT molecular complexity index is 1340. The van der Waals surface area contributed by atoms with Gasteiger partial charge in [-0.3, -0.25) is 9.59 Å². The second-order valence-electron chi connectivity index (χ2n) is 11.2. The fourth-order valence-electron chi connectivity index (χ4n) is 5.94. The molecule has 8 heteroatoms. The molecule has 1 saturated carbocycles. The molecule has 0 radical (unpaired) electrons. The van der Waals surface area contributed by atoms with Crippen molar-refractivity contribution >= 4 is 40.5 Å². The molecule has 214 valence electrons. The first-order chi connectivity index (χ1) is 19.9. The lowest BCUT2D eigenvalue weighted by molar-refractivity contribution is -0.149. The van der Waals surface area contributed by atoms with Gasteiger partial charge in [0.2, 0.25) is 11.8 Å². The number of thiocarbonyl (C=S) groups is 1. The summed E-state index contributed by atoms with van der Waals surface area (Å²) in [6.45, 7) is 1.09. The number of anilines is 2. The zero-order valence-corrected chi connectivity index (χ0v) is 24.7. The van der Waals surface area contributed by atoms with E-state index in [1.165, 1.54) is 0 Å². The number of carbonyl (C=O) groups is 2. The minimum Gasteiger partial charge on any atom is -0.378 e. The molecular weight excluding hydrogens is 530 g/mol. The van der Waals surface area contributed by atoms with Crippen LogP contribution < -0.4 is 15.5 Å². The third-order valence-electron chi connectivity index (χ3n) is 8.26. The van der Waals surface area contributed by atoms with Crippen LogP contribution in [0.25, 0.3) is 0 Å². The molecule has 1 atom stereocenters.